The third-order valence-corrected chi connectivity index (χ3v) is 5.02. The molecule has 1 fully saturated rings. The number of hydrogen-bond donors (Lipinski definition) is 1. The van der Waals surface area contributed by atoms with Gasteiger partial charge in [-0.25, -0.2) is 4.68 Å². The molecule has 2 aromatic rings. The maximum Gasteiger partial charge on any atom is 0.290 e. The van der Waals surface area contributed by atoms with Crippen molar-refractivity contribution in [3.8, 4) is 5.75 Å². The maximum atomic E-state index is 12.6. The first kappa shape index (κ1) is 20.2. The molecule has 0 radical (unpaired) electrons. The van der Waals surface area contributed by atoms with Gasteiger partial charge in [0.1, 0.15) is 11.4 Å². The highest BCUT2D eigenvalue weighted by atomic mass is 16.5. The van der Waals surface area contributed by atoms with E-state index < -0.39 is 0 Å². The van der Waals surface area contributed by atoms with Gasteiger partial charge in [-0.2, -0.15) is 5.10 Å². The molecule has 3 rings (SSSR count). The summed E-state index contributed by atoms with van der Waals surface area (Å²) in [6.45, 7) is 11.5. The minimum atomic E-state index is -0.330. The molecule has 1 aromatic heterocycles. The summed E-state index contributed by atoms with van der Waals surface area (Å²) in [5.74, 6) is 0.922. The van der Waals surface area contributed by atoms with Crippen LogP contribution in [0, 0.1) is 0 Å². The highest BCUT2D eigenvalue weighted by Gasteiger charge is 2.20. The van der Waals surface area contributed by atoms with Gasteiger partial charge in [0, 0.05) is 45.5 Å². The second-order valence-electron chi connectivity index (χ2n) is 8.06. The lowest BCUT2D eigenvalue weighted by Crippen LogP contribution is -2.47. The fourth-order valence-electron chi connectivity index (χ4n) is 3.48. The summed E-state index contributed by atoms with van der Waals surface area (Å²) in [5, 5.41) is 7.48. The molecule has 0 spiro atoms. The number of rotatable bonds is 6. The van der Waals surface area contributed by atoms with Gasteiger partial charge < -0.3 is 15.0 Å². The van der Waals surface area contributed by atoms with E-state index in [0.717, 1.165) is 50.7 Å². The van der Waals surface area contributed by atoms with E-state index in [1.165, 1.54) is 4.68 Å². The molecule has 1 aliphatic rings. The molecule has 2 heterocycles. The molecule has 152 valence electrons. The normalized spacial score (nSPS) is 15.5. The molecule has 7 nitrogen and oxygen atoms in total. The van der Waals surface area contributed by atoms with Gasteiger partial charge in [-0.3, -0.25) is 9.69 Å². The van der Waals surface area contributed by atoms with Crippen molar-refractivity contribution in [1.82, 2.24) is 14.7 Å². The number of ether oxygens (including phenoxy) is 1. The van der Waals surface area contributed by atoms with E-state index in [1.807, 2.05) is 39.0 Å². The van der Waals surface area contributed by atoms with Crippen molar-refractivity contribution in [2.75, 3.05) is 56.6 Å². The van der Waals surface area contributed by atoms with E-state index in [4.69, 9.17) is 4.74 Å². The van der Waals surface area contributed by atoms with Gasteiger partial charge in [-0.15, -0.1) is 0 Å². The quantitative estimate of drug-likeness (QED) is 0.823. The van der Waals surface area contributed by atoms with Crippen molar-refractivity contribution in [2.45, 2.75) is 26.3 Å². The van der Waals surface area contributed by atoms with E-state index in [-0.39, 0.29) is 11.1 Å². The molecule has 0 amide bonds. The number of nitrogens with one attached hydrogen (secondary N) is 1. The fraction of sp³-hybridized carbons (Fsp3) is 0.524. The Hall–Kier alpha value is -2.54. The van der Waals surface area contributed by atoms with Gasteiger partial charge in [0.15, 0.2) is 0 Å². The molecular weight excluding hydrogens is 354 g/mol. The molecule has 0 bridgehead atoms. The topological polar surface area (TPSA) is 62.6 Å². The monoisotopic (exact) mass is 385 g/mol. The van der Waals surface area contributed by atoms with Crippen molar-refractivity contribution in [3.05, 3.63) is 46.9 Å². The van der Waals surface area contributed by atoms with E-state index in [0.29, 0.717) is 5.69 Å². The minimum absolute atomic E-state index is 0.0732. The van der Waals surface area contributed by atoms with Crippen LogP contribution in [0.15, 0.2) is 41.3 Å². The summed E-state index contributed by atoms with van der Waals surface area (Å²) in [4.78, 5) is 17.4. The van der Waals surface area contributed by atoms with Gasteiger partial charge in [0.2, 0.25) is 0 Å². The zero-order valence-corrected chi connectivity index (χ0v) is 17.3. The number of para-hydroxylation sites is 2. The summed E-state index contributed by atoms with van der Waals surface area (Å²) in [5.41, 5.74) is 1.36. The molecule has 1 N–H and O–H groups in total. The van der Waals surface area contributed by atoms with E-state index in [2.05, 4.69) is 26.3 Å². The van der Waals surface area contributed by atoms with Crippen molar-refractivity contribution in [3.63, 3.8) is 0 Å². The SMILES string of the molecule is COc1ccccc1N1CCN(CCNc2ccnn(C(C)(C)C)c2=O)CC1. The fourth-order valence-corrected chi connectivity index (χ4v) is 3.48. The lowest BCUT2D eigenvalue weighted by Gasteiger charge is -2.36. The van der Waals surface area contributed by atoms with Gasteiger partial charge in [0.05, 0.1) is 18.3 Å². The molecule has 28 heavy (non-hydrogen) atoms. The van der Waals surface area contributed by atoms with Crippen molar-refractivity contribution in [1.29, 1.82) is 0 Å². The summed E-state index contributed by atoms with van der Waals surface area (Å²) >= 11 is 0. The molecule has 0 aliphatic carbocycles. The van der Waals surface area contributed by atoms with Gasteiger partial charge in [0.25, 0.3) is 5.56 Å². The van der Waals surface area contributed by atoms with Crippen LogP contribution in [-0.2, 0) is 5.54 Å². The van der Waals surface area contributed by atoms with Crippen LogP contribution in [0.4, 0.5) is 11.4 Å². The highest BCUT2D eigenvalue weighted by molar-refractivity contribution is 5.58. The van der Waals surface area contributed by atoms with Crippen LogP contribution in [0.5, 0.6) is 5.75 Å². The van der Waals surface area contributed by atoms with Crippen LogP contribution in [0.1, 0.15) is 20.8 Å². The number of aromatic nitrogens is 2. The second-order valence-corrected chi connectivity index (χ2v) is 8.06. The average molecular weight is 386 g/mol. The number of methoxy groups -OCH3 is 1. The first-order valence-corrected chi connectivity index (χ1v) is 9.83. The Morgan fingerprint density at radius 1 is 1.11 bits per heavy atom. The molecule has 0 unspecified atom stereocenters. The predicted molar refractivity (Wildman–Crippen MR) is 114 cm³/mol. The van der Waals surface area contributed by atoms with E-state index >= 15 is 0 Å². The standard InChI is InChI=1S/C21H31N5O2/c1-21(2,3)26-20(27)17(9-10-23-26)22-11-12-24-13-15-25(16-14-24)18-7-5-6-8-19(18)28-4/h5-10,22H,11-16H2,1-4H3. The zero-order valence-electron chi connectivity index (χ0n) is 17.3. The summed E-state index contributed by atoms with van der Waals surface area (Å²) in [6, 6.07) is 9.92. The molecule has 1 aromatic carbocycles. The van der Waals surface area contributed by atoms with Gasteiger partial charge >= 0.3 is 0 Å². The summed E-state index contributed by atoms with van der Waals surface area (Å²) in [7, 11) is 1.72. The van der Waals surface area contributed by atoms with Crippen LogP contribution >= 0.6 is 0 Å². The van der Waals surface area contributed by atoms with E-state index in [1.54, 1.807) is 19.4 Å². The van der Waals surface area contributed by atoms with Gasteiger partial charge in [-0.05, 0) is 39.0 Å². The maximum absolute atomic E-state index is 12.6. The zero-order chi connectivity index (χ0) is 20.1. The van der Waals surface area contributed by atoms with Crippen LogP contribution < -0.4 is 20.5 Å². The van der Waals surface area contributed by atoms with Crippen LogP contribution in [0.2, 0.25) is 0 Å². The molecule has 1 saturated heterocycles. The van der Waals surface area contributed by atoms with Crippen LogP contribution in [-0.4, -0.2) is 61.1 Å². The number of piperazine rings is 1. The Balaban J connectivity index is 1.51. The average Bonchev–Trinajstić information content (AvgIpc) is 2.69. The molecule has 0 saturated carbocycles. The summed E-state index contributed by atoms with van der Waals surface area (Å²) < 4.78 is 7.01. The van der Waals surface area contributed by atoms with Crippen molar-refractivity contribution >= 4 is 11.4 Å². The highest BCUT2D eigenvalue weighted by Crippen LogP contribution is 2.28. The minimum Gasteiger partial charge on any atom is -0.495 e. The Kier molecular flexibility index (Phi) is 6.24. The van der Waals surface area contributed by atoms with Gasteiger partial charge in [-0.1, -0.05) is 12.1 Å². The molecule has 1 aliphatic heterocycles. The third kappa shape index (κ3) is 4.65. The molecule has 7 heteroatoms. The first-order chi connectivity index (χ1) is 13.4. The second kappa shape index (κ2) is 8.65. The number of nitrogens with zero attached hydrogens (tertiary/aromatic N) is 4. The Morgan fingerprint density at radius 3 is 2.50 bits per heavy atom. The third-order valence-electron chi connectivity index (χ3n) is 5.02. The Labute approximate surface area is 166 Å². The summed E-state index contributed by atoms with van der Waals surface area (Å²) in [6.07, 6.45) is 1.68. The number of benzene rings is 1. The first-order valence-electron chi connectivity index (χ1n) is 9.83. The largest absolute Gasteiger partial charge is 0.495 e. The number of anilines is 2. The van der Waals surface area contributed by atoms with E-state index in [9.17, 15) is 4.79 Å². The number of hydrogen-bond acceptors (Lipinski definition) is 6. The Morgan fingerprint density at radius 2 is 1.82 bits per heavy atom. The predicted octanol–water partition coefficient (Wildman–Crippen LogP) is 2.24. The van der Waals surface area contributed by atoms with Crippen LogP contribution in [0.25, 0.3) is 0 Å². The van der Waals surface area contributed by atoms with Crippen molar-refractivity contribution < 1.29 is 4.74 Å². The smallest absolute Gasteiger partial charge is 0.290 e. The molecular formula is C21H31N5O2. The lowest BCUT2D eigenvalue weighted by atomic mass is 10.1. The van der Waals surface area contributed by atoms with Crippen molar-refractivity contribution in [2.24, 2.45) is 0 Å². The van der Waals surface area contributed by atoms with Crippen LogP contribution in [0.3, 0.4) is 0 Å². The Bertz CT molecular complexity index is 835. The lowest BCUT2D eigenvalue weighted by molar-refractivity contribution is 0.266. The molecule has 0 atom stereocenters.